The van der Waals surface area contributed by atoms with E-state index < -0.39 is 0 Å². The molecule has 0 saturated heterocycles. The van der Waals surface area contributed by atoms with Gasteiger partial charge in [0.2, 0.25) is 11.7 Å². The van der Waals surface area contributed by atoms with Crippen LogP contribution in [-0.2, 0) is 11.8 Å². The Balaban J connectivity index is 1.65. The Morgan fingerprint density at radius 3 is 2.62 bits per heavy atom. The maximum Gasteiger partial charge on any atom is 0.248 e. The third-order valence-electron chi connectivity index (χ3n) is 3.38. The Kier molecular flexibility index (Phi) is 4.67. The minimum absolute atomic E-state index is 0.155. The van der Waals surface area contributed by atoms with Gasteiger partial charge in [-0.1, -0.05) is 6.07 Å². The molecular weight excluding hydrogens is 322 g/mol. The molecule has 6 heteroatoms. The molecular formula is C18H15N3O2S. The van der Waals surface area contributed by atoms with E-state index in [1.807, 2.05) is 17.5 Å². The van der Waals surface area contributed by atoms with E-state index in [-0.39, 0.29) is 11.7 Å². The second kappa shape index (κ2) is 7.06. The van der Waals surface area contributed by atoms with E-state index in [4.69, 9.17) is 0 Å². The number of ketones is 1. The van der Waals surface area contributed by atoms with Crippen molar-refractivity contribution in [2.24, 2.45) is 7.05 Å². The number of amides is 1. The minimum atomic E-state index is -0.216. The highest BCUT2D eigenvalue weighted by Crippen LogP contribution is 2.14. The number of hydrogen-bond donors (Lipinski definition) is 1. The number of aryl methyl sites for hydroxylation is 1. The predicted molar refractivity (Wildman–Crippen MR) is 95.1 cm³/mol. The molecule has 120 valence electrons. The third-order valence-corrected chi connectivity index (χ3v) is 4.22. The van der Waals surface area contributed by atoms with Gasteiger partial charge in [0.1, 0.15) is 0 Å². The normalized spacial score (nSPS) is 10.9. The zero-order valence-electron chi connectivity index (χ0n) is 13.0. The molecule has 5 nitrogen and oxygen atoms in total. The summed E-state index contributed by atoms with van der Waals surface area (Å²) in [5.41, 5.74) is 1.16. The van der Waals surface area contributed by atoms with Crippen LogP contribution in [0.3, 0.4) is 0 Å². The number of carbonyl (C=O) groups excluding carboxylic acids is 2. The summed E-state index contributed by atoms with van der Waals surface area (Å²) in [5.74, 6) is 0.00946. The fourth-order valence-corrected chi connectivity index (χ4v) is 2.76. The maximum absolute atomic E-state index is 12.3. The van der Waals surface area contributed by atoms with Crippen molar-refractivity contribution in [1.82, 2.24) is 9.55 Å². The Bertz CT molecular complexity index is 877. The predicted octanol–water partition coefficient (Wildman–Crippen LogP) is 3.36. The number of imidazole rings is 1. The largest absolute Gasteiger partial charge is 0.331 e. The van der Waals surface area contributed by atoms with Crippen LogP contribution in [0.2, 0.25) is 0 Å². The number of aromatic nitrogens is 2. The lowest BCUT2D eigenvalue weighted by Crippen LogP contribution is -2.10. The lowest BCUT2D eigenvalue weighted by Gasteiger charge is -2.04. The van der Waals surface area contributed by atoms with Gasteiger partial charge in [-0.3, -0.25) is 9.59 Å². The van der Waals surface area contributed by atoms with Gasteiger partial charge in [-0.15, -0.1) is 11.3 Å². The highest BCUT2D eigenvalue weighted by molar-refractivity contribution is 7.10. The van der Waals surface area contributed by atoms with Crippen molar-refractivity contribution >= 4 is 34.8 Å². The van der Waals surface area contributed by atoms with Gasteiger partial charge >= 0.3 is 0 Å². The first-order valence-corrected chi connectivity index (χ1v) is 8.16. The monoisotopic (exact) mass is 337 g/mol. The number of anilines is 1. The van der Waals surface area contributed by atoms with Gasteiger partial charge in [0.25, 0.3) is 0 Å². The van der Waals surface area contributed by atoms with E-state index in [2.05, 4.69) is 10.3 Å². The number of carbonyl (C=O) groups is 2. The van der Waals surface area contributed by atoms with E-state index in [0.29, 0.717) is 17.1 Å². The Morgan fingerprint density at radius 2 is 2.00 bits per heavy atom. The summed E-state index contributed by atoms with van der Waals surface area (Å²) in [6.07, 6.45) is 6.56. The van der Waals surface area contributed by atoms with Gasteiger partial charge < -0.3 is 9.88 Å². The summed E-state index contributed by atoms with van der Waals surface area (Å²) in [7, 11) is 1.77. The topological polar surface area (TPSA) is 64.0 Å². The van der Waals surface area contributed by atoms with E-state index in [1.165, 1.54) is 6.08 Å². The Morgan fingerprint density at radius 1 is 1.21 bits per heavy atom. The second-order valence-corrected chi connectivity index (χ2v) is 6.09. The van der Waals surface area contributed by atoms with Crippen LogP contribution in [0.1, 0.15) is 21.1 Å². The molecule has 0 fully saturated rings. The molecule has 0 atom stereocenters. The van der Waals surface area contributed by atoms with Gasteiger partial charge in [-0.2, -0.15) is 0 Å². The van der Waals surface area contributed by atoms with Gasteiger partial charge in [0.05, 0.1) is 0 Å². The van der Waals surface area contributed by atoms with Crippen LogP contribution in [0.15, 0.2) is 60.2 Å². The van der Waals surface area contributed by atoms with E-state index in [9.17, 15) is 9.59 Å². The summed E-state index contributed by atoms with van der Waals surface area (Å²) < 4.78 is 1.67. The van der Waals surface area contributed by atoms with Crippen molar-refractivity contribution in [1.29, 1.82) is 0 Å². The molecule has 1 amide bonds. The molecule has 0 aliphatic carbocycles. The van der Waals surface area contributed by atoms with Crippen LogP contribution < -0.4 is 5.32 Å². The lowest BCUT2D eigenvalue weighted by molar-refractivity contribution is -0.111. The SMILES string of the molecule is Cn1ccnc1C(=O)c1ccc(NC(=O)/C=C/c2cccs2)cc1. The van der Waals surface area contributed by atoms with Crippen molar-refractivity contribution in [3.8, 4) is 0 Å². The molecule has 3 aromatic rings. The average Bonchev–Trinajstić information content (AvgIpc) is 3.24. The summed E-state index contributed by atoms with van der Waals surface area (Å²) in [4.78, 5) is 29.3. The van der Waals surface area contributed by atoms with Gasteiger partial charge in [-0.05, 0) is 41.8 Å². The van der Waals surface area contributed by atoms with E-state index in [0.717, 1.165) is 4.88 Å². The van der Waals surface area contributed by atoms with Crippen molar-refractivity contribution in [2.45, 2.75) is 0 Å². The molecule has 0 spiro atoms. The fourth-order valence-electron chi connectivity index (χ4n) is 2.15. The number of thiophene rings is 1. The standard InChI is InChI=1S/C18H15N3O2S/c1-21-11-10-19-18(21)17(23)13-4-6-14(7-5-13)20-16(22)9-8-15-3-2-12-24-15/h2-12H,1H3,(H,20,22)/b9-8+. The Hall–Kier alpha value is -2.99. The molecule has 0 aliphatic rings. The number of nitrogens with zero attached hydrogens (tertiary/aromatic N) is 2. The van der Waals surface area contributed by atoms with Crippen LogP contribution in [-0.4, -0.2) is 21.2 Å². The third kappa shape index (κ3) is 3.67. The van der Waals surface area contributed by atoms with Crippen molar-refractivity contribution in [3.63, 3.8) is 0 Å². The minimum Gasteiger partial charge on any atom is -0.331 e. The summed E-state index contributed by atoms with van der Waals surface area (Å²) in [5, 5.41) is 4.72. The van der Waals surface area contributed by atoms with Crippen LogP contribution in [0, 0.1) is 0 Å². The summed E-state index contributed by atoms with van der Waals surface area (Å²) in [6.45, 7) is 0. The molecule has 0 unspecified atom stereocenters. The maximum atomic E-state index is 12.3. The average molecular weight is 337 g/mol. The molecule has 2 heterocycles. The van der Waals surface area contributed by atoms with Gasteiger partial charge in [-0.25, -0.2) is 4.98 Å². The van der Waals surface area contributed by atoms with Crippen LogP contribution in [0.25, 0.3) is 6.08 Å². The smallest absolute Gasteiger partial charge is 0.248 e. The number of hydrogen-bond acceptors (Lipinski definition) is 4. The Labute approximate surface area is 143 Å². The molecule has 0 aliphatic heterocycles. The van der Waals surface area contributed by atoms with Crippen molar-refractivity contribution in [3.05, 3.63) is 76.5 Å². The quantitative estimate of drug-likeness (QED) is 0.573. The first kappa shape index (κ1) is 15.9. The molecule has 1 N–H and O–H groups in total. The second-order valence-electron chi connectivity index (χ2n) is 5.11. The summed E-state index contributed by atoms with van der Waals surface area (Å²) in [6, 6.07) is 10.6. The molecule has 2 aromatic heterocycles. The zero-order valence-corrected chi connectivity index (χ0v) is 13.8. The zero-order chi connectivity index (χ0) is 16.9. The van der Waals surface area contributed by atoms with Crippen molar-refractivity contribution < 1.29 is 9.59 Å². The number of nitrogens with one attached hydrogen (secondary N) is 1. The fraction of sp³-hybridized carbons (Fsp3) is 0.0556. The number of rotatable bonds is 5. The molecule has 3 rings (SSSR count). The highest BCUT2D eigenvalue weighted by atomic mass is 32.1. The van der Waals surface area contributed by atoms with Gasteiger partial charge in [0.15, 0.2) is 5.82 Å². The van der Waals surface area contributed by atoms with E-state index >= 15 is 0 Å². The molecule has 0 radical (unpaired) electrons. The molecule has 0 bridgehead atoms. The molecule has 1 aromatic carbocycles. The first-order valence-electron chi connectivity index (χ1n) is 7.28. The molecule has 0 saturated carbocycles. The van der Waals surface area contributed by atoms with Gasteiger partial charge in [0, 0.05) is 41.6 Å². The number of benzene rings is 1. The van der Waals surface area contributed by atoms with Crippen LogP contribution in [0.4, 0.5) is 5.69 Å². The highest BCUT2D eigenvalue weighted by Gasteiger charge is 2.13. The lowest BCUT2D eigenvalue weighted by atomic mass is 10.1. The van der Waals surface area contributed by atoms with E-state index in [1.54, 1.807) is 65.7 Å². The van der Waals surface area contributed by atoms with Crippen LogP contribution >= 0.6 is 11.3 Å². The summed E-state index contributed by atoms with van der Waals surface area (Å²) >= 11 is 1.56. The first-order chi connectivity index (χ1) is 11.6. The van der Waals surface area contributed by atoms with Crippen LogP contribution in [0.5, 0.6) is 0 Å². The molecule has 24 heavy (non-hydrogen) atoms. The van der Waals surface area contributed by atoms with Crippen molar-refractivity contribution in [2.75, 3.05) is 5.32 Å².